The van der Waals surface area contributed by atoms with Crippen LogP contribution in [0.5, 0.6) is 0 Å². The van der Waals surface area contributed by atoms with Gasteiger partial charge in [0.2, 0.25) is 5.91 Å². The first-order valence-corrected chi connectivity index (χ1v) is 11.2. The molecule has 2 amide bonds. The van der Waals surface area contributed by atoms with E-state index in [1.165, 1.54) is 16.9 Å². The maximum absolute atomic E-state index is 12.8. The van der Waals surface area contributed by atoms with Crippen molar-refractivity contribution in [1.82, 2.24) is 10.3 Å². The third-order valence-corrected chi connectivity index (χ3v) is 6.45. The van der Waals surface area contributed by atoms with Crippen LogP contribution in [0.25, 0.3) is 0 Å². The van der Waals surface area contributed by atoms with Crippen LogP contribution in [-0.2, 0) is 17.6 Å². The lowest BCUT2D eigenvalue weighted by Crippen LogP contribution is -2.32. The summed E-state index contributed by atoms with van der Waals surface area (Å²) in [5.41, 5.74) is 2.51. The van der Waals surface area contributed by atoms with Crippen molar-refractivity contribution in [2.24, 2.45) is 0 Å². The van der Waals surface area contributed by atoms with Crippen LogP contribution in [0.1, 0.15) is 45.3 Å². The van der Waals surface area contributed by atoms with Crippen LogP contribution in [0, 0.1) is 0 Å². The maximum atomic E-state index is 12.8. The lowest BCUT2D eigenvalue weighted by molar-refractivity contribution is -0.122. The number of hydrogen-bond donors (Lipinski definition) is 2. The van der Waals surface area contributed by atoms with Gasteiger partial charge in [-0.05, 0) is 55.5 Å². The highest BCUT2D eigenvalue weighted by Crippen LogP contribution is 2.37. The minimum Gasteiger partial charge on any atom is -0.355 e. The second-order valence-electron chi connectivity index (χ2n) is 7.26. The SMILES string of the molecule is O=C(Nc1nc2c(s1)CCC[C@H]2C(=O)NCCc1ccccc1)c1ccc(Cl)cc1. The fourth-order valence-electron chi connectivity index (χ4n) is 3.60. The van der Waals surface area contributed by atoms with E-state index < -0.39 is 0 Å². The summed E-state index contributed by atoms with van der Waals surface area (Å²) >= 11 is 7.34. The van der Waals surface area contributed by atoms with E-state index in [0.717, 1.165) is 36.3 Å². The van der Waals surface area contributed by atoms with Gasteiger partial charge >= 0.3 is 0 Å². The second kappa shape index (κ2) is 9.41. The summed E-state index contributed by atoms with van der Waals surface area (Å²) in [7, 11) is 0. The van der Waals surface area contributed by atoms with Crippen molar-refractivity contribution in [3.05, 3.63) is 81.3 Å². The van der Waals surface area contributed by atoms with Gasteiger partial charge in [-0.15, -0.1) is 11.3 Å². The largest absolute Gasteiger partial charge is 0.355 e. The van der Waals surface area contributed by atoms with Gasteiger partial charge in [0.25, 0.3) is 5.91 Å². The third-order valence-electron chi connectivity index (χ3n) is 5.15. The van der Waals surface area contributed by atoms with Gasteiger partial charge in [0.1, 0.15) is 0 Å². The quantitative estimate of drug-likeness (QED) is 0.578. The summed E-state index contributed by atoms with van der Waals surface area (Å²) in [6.07, 6.45) is 3.40. The van der Waals surface area contributed by atoms with Crippen molar-refractivity contribution >= 4 is 39.9 Å². The predicted octanol–water partition coefficient (Wildman–Crippen LogP) is 4.83. The third kappa shape index (κ3) is 4.89. The summed E-state index contributed by atoms with van der Waals surface area (Å²) < 4.78 is 0. The predicted molar refractivity (Wildman–Crippen MR) is 120 cm³/mol. The molecule has 2 aromatic carbocycles. The Morgan fingerprint density at radius 2 is 1.87 bits per heavy atom. The van der Waals surface area contributed by atoms with Crippen molar-refractivity contribution in [1.29, 1.82) is 0 Å². The molecule has 0 unspecified atom stereocenters. The van der Waals surface area contributed by atoms with E-state index in [-0.39, 0.29) is 17.7 Å². The summed E-state index contributed by atoms with van der Waals surface area (Å²) in [6, 6.07) is 16.8. The van der Waals surface area contributed by atoms with Gasteiger partial charge in [-0.1, -0.05) is 41.9 Å². The Morgan fingerprint density at radius 3 is 2.63 bits per heavy atom. The van der Waals surface area contributed by atoms with Gasteiger partial charge in [-0.2, -0.15) is 0 Å². The number of benzene rings is 2. The van der Waals surface area contributed by atoms with E-state index in [1.807, 2.05) is 18.2 Å². The molecule has 1 aromatic heterocycles. The topological polar surface area (TPSA) is 71.1 Å². The molecule has 0 fully saturated rings. The molecule has 2 N–H and O–H groups in total. The first-order valence-electron chi connectivity index (χ1n) is 9.98. The van der Waals surface area contributed by atoms with Crippen LogP contribution < -0.4 is 10.6 Å². The highest BCUT2D eigenvalue weighted by atomic mass is 35.5. The summed E-state index contributed by atoms with van der Waals surface area (Å²) in [5.74, 6) is -0.489. The second-order valence-corrected chi connectivity index (χ2v) is 8.78. The fraction of sp³-hybridized carbons (Fsp3) is 0.261. The van der Waals surface area contributed by atoms with Crippen molar-refractivity contribution in [3.8, 4) is 0 Å². The fourth-order valence-corrected chi connectivity index (χ4v) is 4.78. The van der Waals surface area contributed by atoms with E-state index in [2.05, 4.69) is 27.8 Å². The van der Waals surface area contributed by atoms with Crippen molar-refractivity contribution in [2.45, 2.75) is 31.6 Å². The molecule has 0 spiro atoms. The molecule has 0 bridgehead atoms. The number of carbonyl (C=O) groups is 2. The number of carbonyl (C=O) groups excluding carboxylic acids is 2. The molecule has 0 saturated carbocycles. The number of fused-ring (bicyclic) bond motifs is 1. The lowest BCUT2D eigenvalue weighted by atomic mass is 9.90. The Labute approximate surface area is 184 Å². The first-order chi connectivity index (χ1) is 14.6. The lowest BCUT2D eigenvalue weighted by Gasteiger charge is -2.20. The Kier molecular flexibility index (Phi) is 6.45. The standard InChI is InChI=1S/C23H22ClN3O2S/c24-17-11-9-16(10-12-17)21(28)27-23-26-20-18(7-4-8-19(20)30-23)22(29)25-14-13-15-5-2-1-3-6-15/h1-3,5-6,9-12,18H,4,7-8,13-14H2,(H,25,29)(H,26,27,28)/t18-/m1/s1. The van der Waals surface area contributed by atoms with Crippen molar-refractivity contribution in [3.63, 3.8) is 0 Å². The molecular formula is C23H22ClN3O2S. The van der Waals surface area contributed by atoms with Gasteiger partial charge in [0, 0.05) is 22.0 Å². The summed E-state index contributed by atoms with van der Waals surface area (Å²) in [6.45, 7) is 0.596. The zero-order chi connectivity index (χ0) is 20.9. The average molecular weight is 440 g/mol. The van der Waals surface area contributed by atoms with Gasteiger partial charge in [-0.25, -0.2) is 4.98 Å². The molecule has 1 heterocycles. The minimum atomic E-state index is -0.262. The number of rotatable bonds is 6. The Hall–Kier alpha value is -2.70. The number of halogens is 1. The number of anilines is 1. The van der Waals surface area contributed by atoms with Gasteiger partial charge in [0.15, 0.2) is 5.13 Å². The molecule has 1 atom stereocenters. The normalized spacial score (nSPS) is 15.3. The molecule has 7 heteroatoms. The van der Waals surface area contributed by atoms with Gasteiger partial charge < -0.3 is 5.32 Å². The molecule has 0 saturated heterocycles. The molecule has 154 valence electrons. The van der Waals surface area contributed by atoms with Crippen LogP contribution in [0.2, 0.25) is 5.02 Å². The highest BCUT2D eigenvalue weighted by molar-refractivity contribution is 7.16. The van der Waals surface area contributed by atoms with Crippen LogP contribution in [0.15, 0.2) is 54.6 Å². The van der Waals surface area contributed by atoms with E-state index in [0.29, 0.717) is 22.3 Å². The van der Waals surface area contributed by atoms with Crippen molar-refractivity contribution < 1.29 is 9.59 Å². The number of aryl methyl sites for hydroxylation is 1. The number of amides is 2. The number of aromatic nitrogens is 1. The minimum absolute atomic E-state index is 0.00718. The highest BCUT2D eigenvalue weighted by Gasteiger charge is 2.30. The molecule has 3 aromatic rings. The van der Waals surface area contributed by atoms with E-state index in [1.54, 1.807) is 24.3 Å². The van der Waals surface area contributed by atoms with Crippen molar-refractivity contribution in [2.75, 3.05) is 11.9 Å². The first kappa shape index (κ1) is 20.6. The van der Waals surface area contributed by atoms with Crippen LogP contribution in [0.4, 0.5) is 5.13 Å². The average Bonchev–Trinajstić information content (AvgIpc) is 3.17. The molecule has 30 heavy (non-hydrogen) atoms. The molecule has 1 aliphatic carbocycles. The monoisotopic (exact) mass is 439 g/mol. The Balaban J connectivity index is 1.40. The number of thiazole rings is 1. The maximum Gasteiger partial charge on any atom is 0.257 e. The van der Waals surface area contributed by atoms with Gasteiger partial charge in [-0.3, -0.25) is 14.9 Å². The van der Waals surface area contributed by atoms with E-state index in [4.69, 9.17) is 11.6 Å². The zero-order valence-electron chi connectivity index (χ0n) is 16.4. The Bertz CT molecular complexity index is 1030. The smallest absolute Gasteiger partial charge is 0.257 e. The van der Waals surface area contributed by atoms with Gasteiger partial charge in [0.05, 0.1) is 11.6 Å². The number of hydrogen-bond acceptors (Lipinski definition) is 4. The number of nitrogens with one attached hydrogen (secondary N) is 2. The summed E-state index contributed by atoms with van der Waals surface area (Å²) in [5, 5.41) is 7.01. The molecule has 1 aliphatic rings. The molecule has 0 aliphatic heterocycles. The van der Waals surface area contributed by atoms with E-state index in [9.17, 15) is 9.59 Å². The van der Waals surface area contributed by atoms with Crippen LogP contribution >= 0.6 is 22.9 Å². The Morgan fingerprint density at radius 1 is 1.10 bits per heavy atom. The molecule has 0 radical (unpaired) electrons. The van der Waals surface area contributed by atoms with Crippen LogP contribution in [-0.4, -0.2) is 23.3 Å². The summed E-state index contributed by atoms with van der Waals surface area (Å²) in [4.78, 5) is 30.9. The molecule has 5 nitrogen and oxygen atoms in total. The molecule has 4 rings (SSSR count). The molecular weight excluding hydrogens is 418 g/mol. The van der Waals surface area contributed by atoms with E-state index >= 15 is 0 Å². The zero-order valence-corrected chi connectivity index (χ0v) is 17.9. The van der Waals surface area contributed by atoms with Crippen LogP contribution in [0.3, 0.4) is 0 Å². The number of nitrogens with zero attached hydrogens (tertiary/aromatic N) is 1.